The van der Waals surface area contributed by atoms with Crippen LogP contribution in [0, 0.1) is 0 Å². The van der Waals surface area contributed by atoms with E-state index in [0.29, 0.717) is 13.2 Å². The third-order valence-electron chi connectivity index (χ3n) is 1.38. The number of hydrogen-bond acceptors (Lipinski definition) is 3. The lowest BCUT2D eigenvalue weighted by molar-refractivity contribution is -0.131. The van der Waals surface area contributed by atoms with Gasteiger partial charge in [0, 0.05) is 6.61 Å². The van der Waals surface area contributed by atoms with Gasteiger partial charge in [0.15, 0.2) is 0 Å². The van der Waals surface area contributed by atoms with Crippen LogP contribution in [0.2, 0.25) is 0 Å². The molecule has 4 heteroatoms. The zero-order valence-corrected chi connectivity index (χ0v) is 5.50. The minimum atomic E-state index is -0.560. The first-order valence-corrected chi connectivity index (χ1v) is 3.16. The summed E-state index contributed by atoms with van der Waals surface area (Å²) in [5.41, 5.74) is 0. The summed E-state index contributed by atoms with van der Waals surface area (Å²) in [5.74, 6) is -0.560. The summed E-state index contributed by atoms with van der Waals surface area (Å²) in [5, 5.41) is 2.50. The highest BCUT2D eigenvalue weighted by Gasteiger charge is 2.16. The number of amides is 1. The summed E-state index contributed by atoms with van der Waals surface area (Å²) in [6.07, 6.45) is 1.08. The predicted octanol–water partition coefficient (Wildman–Crippen LogP) is -0.910. The molecule has 0 aromatic carbocycles. The molecule has 1 N–H and O–H groups in total. The first-order valence-electron chi connectivity index (χ1n) is 3.16. The van der Waals surface area contributed by atoms with E-state index in [1.54, 1.807) is 0 Å². The van der Waals surface area contributed by atoms with Crippen molar-refractivity contribution in [2.24, 2.45) is 0 Å². The molecule has 1 rings (SSSR count). The number of nitrogens with one attached hydrogen (secondary N) is 1. The van der Waals surface area contributed by atoms with E-state index in [0.717, 1.165) is 6.42 Å². The summed E-state index contributed by atoms with van der Waals surface area (Å²) >= 11 is 0. The Kier molecular flexibility index (Phi) is 2.39. The van der Waals surface area contributed by atoms with Crippen LogP contribution in [0.15, 0.2) is 0 Å². The third-order valence-corrected chi connectivity index (χ3v) is 1.38. The van der Waals surface area contributed by atoms with E-state index >= 15 is 0 Å². The van der Waals surface area contributed by atoms with Gasteiger partial charge in [-0.2, -0.15) is 0 Å². The maximum atomic E-state index is 10.4. The van der Waals surface area contributed by atoms with Crippen LogP contribution in [-0.4, -0.2) is 31.4 Å². The summed E-state index contributed by atoms with van der Waals surface area (Å²) in [4.78, 5) is 20.3. The Bertz CT molecular complexity index is 140. The fourth-order valence-corrected chi connectivity index (χ4v) is 0.884. The molecule has 1 amide bonds. The largest absolute Gasteiger partial charge is 0.379 e. The lowest BCUT2D eigenvalue weighted by Crippen LogP contribution is -2.35. The summed E-state index contributed by atoms with van der Waals surface area (Å²) in [6, 6.07) is 0.0395. The van der Waals surface area contributed by atoms with Crippen molar-refractivity contribution in [3.63, 3.8) is 0 Å². The maximum Gasteiger partial charge on any atom is 0.284 e. The molecule has 10 heavy (non-hydrogen) atoms. The highest BCUT2D eigenvalue weighted by Crippen LogP contribution is 2.01. The lowest BCUT2D eigenvalue weighted by atomic mass is 10.3. The number of carbonyl (C=O) groups excluding carboxylic acids is 2. The van der Waals surface area contributed by atoms with Crippen molar-refractivity contribution in [1.29, 1.82) is 0 Å². The van der Waals surface area contributed by atoms with Crippen LogP contribution in [0.5, 0.6) is 0 Å². The molecule has 1 aliphatic rings. The molecular weight excluding hydrogens is 134 g/mol. The van der Waals surface area contributed by atoms with Gasteiger partial charge < -0.3 is 10.1 Å². The average Bonchev–Trinajstić information content (AvgIpc) is 2.40. The quantitative estimate of drug-likeness (QED) is 0.402. The molecule has 1 saturated heterocycles. The van der Waals surface area contributed by atoms with Crippen LogP contribution in [-0.2, 0) is 14.3 Å². The van der Waals surface area contributed by atoms with E-state index < -0.39 is 5.91 Å². The molecule has 0 aromatic heterocycles. The second kappa shape index (κ2) is 3.31. The maximum absolute atomic E-state index is 10.4. The smallest absolute Gasteiger partial charge is 0.284 e. The van der Waals surface area contributed by atoms with Crippen molar-refractivity contribution in [3.8, 4) is 0 Å². The molecule has 0 aromatic rings. The van der Waals surface area contributed by atoms with Gasteiger partial charge in [-0.3, -0.25) is 9.59 Å². The second-order valence-corrected chi connectivity index (χ2v) is 2.19. The van der Waals surface area contributed by atoms with Crippen LogP contribution in [0.1, 0.15) is 6.42 Å². The molecule has 1 atom stereocenters. The third kappa shape index (κ3) is 1.80. The van der Waals surface area contributed by atoms with Crippen molar-refractivity contribution < 1.29 is 14.3 Å². The number of aldehydes is 1. The van der Waals surface area contributed by atoms with Gasteiger partial charge in [-0.1, -0.05) is 0 Å². The van der Waals surface area contributed by atoms with Gasteiger partial charge in [0.25, 0.3) is 5.91 Å². The molecule has 0 radical (unpaired) electrons. The number of hydrogen-bond donors (Lipinski definition) is 1. The Morgan fingerprint density at radius 1 is 1.70 bits per heavy atom. The van der Waals surface area contributed by atoms with Crippen LogP contribution >= 0.6 is 0 Å². The Balaban J connectivity index is 2.23. The van der Waals surface area contributed by atoms with Crippen molar-refractivity contribution in [2.45, 2.75) is 12.5 Å². The molecule has 0 aliphatic carbocycles. The first kappa shape index (κ1) is 7.21. The molecule has 0 spiro atoms. The molecule has 1 fully saturated rings. The van der Waals surface area contributed by atoms with E-state index in [1.165, 1.54) is 0 Å². The Labute approximate surface area is 58.5 Å². The van der Waals surface area contributed by atoms with Crippen molar-refractivity contribution in [2.75, 3.05) is 13.2 Å². The highest BCUT2D eigenvalue weighted by molar-refractivity contribution is 6.23. The van der Waals surface area contributed by atoms with Crippen molar-refractivity contribution in [1.82, 2.24) is 5.32 Å². The van der Waals surface area contributed by atoms with Crippen molar-refractivity contribution in [3.05, 3.63) is 0 Å². The summed E-state index contributed by atoms with van der Waals surface area (Å²) in [7, 11) is 0. The van der Waals surface area contributed by atoms with E-state index in [9.17, 15) is 9.59 Å². The van der Waals surface area contributed by atoms with E-state index in [-0.39, 0.29) is 12.3 Å². The van der Waals surface area contributed by atoms with E-state index in [4.69, 9.17) is 4.74 Å². The Morgan fingerprint density at radius 2 is 2.50 bits per heavy atom. The van der Waals surface area contributed by atoms with E-state index in [1.807, 2.05) is 0 Å². The monoisotopic (exact) mass is 143 g/mol. The normalized spacial score (nSPS) is 24.2. The molecule has 1 aliphatic heterocycles. The van der Waals surface area contributed by atoms with Gasteiger partial charge in [0.1, 0.15) is 0 Å². The van der Waals surface area contributed by atoms with Crippen LogP contribution < -0.4 is 5.32 Å². The molecular formula is C6H9NO3. The van der Waals surface area contributed by atoms with Gasteiger partial charge in [0.05, 0.1) is 12.6 Å². The topological polar surface area (TPSA) is 55.4 Å². The molecule has 4 nitrogen and oxygen atoms in total. The number of ether oxygens (including phenoxy) is 1. The zero-order chi connectivity index (χ0) is 7.40. The summed E-state index contributed by atoms with van der Waals surface area (Å²) in [6.45, 7) is 1.20. The van der Waals surface area contributed by atoms with Gasteiger partial charge in [0.2, 0.25) is 6.29 Å². The van der Waals surface area contributed by atoms with Gasteiger partial charge in [-0.25, -0.2) is 0 Å². The zero-order valence-electron chi connectivity index (χ0n) is 5.50. The minimum Gasteiger partial charge on any atom is -0.379 e. The Morgan fingerprint density at radius 3 is 3.00 bits per heavy atom. The molecule has 1 heterocycles. The molecule has 0 bridgehead atoms. The van der Waals surface area contributed by atoms with E-state index in [2.05, 4.69) is 5.32 Å². The first-order chi connectivity index (χ1) is 4.83. The lowest BCUT2D eigenvalue weighted by Gasteiger charge is -2.05. The average molecular weight is 143 g/mol. The van der Waals surface area contributed by atoms with Crippen molar-refractivity contribution >= 4 is 12.2 Å². The fraction of sp³-hybridized carbons (Fsp3) is 0.667. The Hall–Kier alpha value is -0.900. The van der Waals surface area contributed by atoms with Crippen LogP contribution in [0.3, 0.4) is 0 Å². The van der Waals surface area contributed by atoms with Gasteiger partial charge in [-0.15, -0.1) is 0 Å². The van der Waals surface area contributed by atoms with Gasteiger partial charge in [-0.05, 0) is 6.42 Å². The van der Waals surface area contributed by atoms with Gasteiger partial charge >= 0.3 is 0 Å². The standard InChI is InChI=1S/C6H9NO3/c8-3-6(9)7-5-1-2-10-4-5/h3,5H,1-2,4H2,(H,7,9). The summed E-state index contributed by atoms with van der Waals surface area (Å²) < 4.78 is 4.97. The molecule has 0 saturated carbocycles. The number of rotatable bonds is 2. The highest BCUT2D eigenvalue weighted by atomic mass is 16.5. The molecule has 56 valence electrons. The second-order valence-electron chi connectivity index (χ2n) is 2.19. The molecule has 1 unspecified atom stereocenters. The predicted molar refractivity (Wildman–Crippen MR) is 33.4 cm³/mol. The number of carbonyl (C=O) groups is 2. The fourth-order valence-electron chi connectivity index (χ4n) is 0.884. The SMILES string of the molecule is O=CC(=O)NC1CCOC1. The minimum absolute atomic E-state index is 0.0395. The van der Waals surface area contributed by atoms with Crippen LogP contribution in [0.4, 0.5) is 0 Å². The van der Waals surface area contributed by atoms with Crippen LogP contribution in [0.25, 0.3) is 0 Å².